The molecule has 1 aliphatic rings. The van der Waals surface area contributed by atoms with Gasteiger partial charge < -0.3 is 0 Å². The molecule has 0 radical (unpaired) electrons. The molecule has 20 heavy (non-hydrogen) atoms. The Morgan fingerprint density at radius 1 is 1.05 bits per heavy atom. The lowest BCUT2D eigenvalue weighted by atomic mass is 10.0. The topological polar surface area (TPSA) is 112 Å². The minimum Gasteiger partial charge on any atom is -0.288 e. The second-order valence-electron chi connectivity index (χ2n) is 3.56. The van der Waals surface area contributed by atoms with Gasteiger partial charge in [-0.1, -0.05) is 22.6 Å². The molecule has 0 aromatic carbocycles. The van der Waals surface area contributed by atoms with Crippen molar-refractivity contribution in [3.8, 4) is 24.3 Å². The fourth-order valence-electron chi connectivity index (χ4n) is 1.93. The maximum Gasteiger partial charge on any atom is 0.197 e. The van der Waals surface area contributed by atoms with Crippen molar-refractivity contribution in [1.82, 2.24) is 0 Å². The zero-order valence-electron chi connectivity index (χ0n) is 9.56. The van der Waals surface area contributed by atoms with Gasteiger partial charge in [0.05, 0.1) is 5.56 Å². The number of hydrogen-bond donors (Lipinski definition) is 0. The molecule has 5 nitrogen and oxygen atoms in total. The second-order valence-corrected chi connectivity index (χ2v) is 5.20. The molecule has 0 unspecified atom stereocenters. The van der Waals surface area contributed by atoms with Crippen LogP contribution in [-0.2, 0) is 0 Å². The largest absolute Gasteiger partial charge is 0.288 e. The Balaban J connectivity index is 3.03. The van der Waals surface area contributed by atoms with E-state index in [1.165, 1.54) is 4.08 Å². The molecular weight excluding hydrogens is 387 g/mol. The number of fused-ring (bicyclic) bond motifs is 1. The first kappa shape index (κ1) is 14.0. The third-order valence-electron chi connectivity index (χ3n) is 2.69. The monoisotopic (exact) mass is 388 g/mol. The Hall–Kier alpha value is -2.46. The van der Waals surface area contributed by atoms with E-state index < -0.39 is 5.78 Å². The van der Waals surface area contributed by atoms with Gasteiger partial charge >= 0.3 is 0 Å². The molecule has 0 aliphatic heterocycles. The molecule has 0 saturated heterocycles. The van der Waals surface area contributed by atoms with Crippen LogP contribution in [0.3, 0.4) is 0 Å². The number of nitriles is 4. The molecule has 2 rings (SSSR count). The van der Waals surface area contributed by atoms with Crippen molar-refractivity contribution >= 4 is 45.3 Å². The van der Waals surface area contributed by atoms with Crippen LogP contribution in [0.15, 0.2) is 15.2 Å². The molecule has 0 bridgehead atoms. The number of carbonyl (C=O) groups is 1. The molecule has 1 heterocycles. The number of allylic oxidation sites excluding steroid dienone is 3. The van der Waals surface area contributed by atoms with E-state index in [0.29, 0.717) is 0 Å². The van der Waals surface area contributed by atoms with Gasteiger partial charge in [-0.2, -0.15) is 21.0 Å². The van der Waals surface area contributed by atoms with Crippen LogP contribution in [0.4, 0.5) is 0 Å². The third kappa shape index (κ3) is 1.73. The summed E-state index contributed by atoms with van der Waals surface area (Å²) in [6.07, 6.45) is 0. The highest BCUT2D eigenvalue weighted by atomic mass is 127. The molecule has 92 valence electrons. The van der Waals surface area contributed by atoms with Crippen LogP contribution in [0, 0.1) is 45.3 Å². The summed E-state index contributed by atoms with van der Waals surface area (Å²) in [6, 6.07) is 7.26. The Bertz CT molecular complexity index is 862. The zero-order chi connectivity index (χ0) is 14.9. The van der Waals surface area contributed by atoms with Crippen LogP contribution in [0.25, 0.3) is 5.57 Å². The van der Waals surface area contributed by atoms with Gasteiger partial charge in [0.2, 0.25) is 0 Å². The van der Waals surface area contributed by atoms with Crippen molar-refractivity contribution < 1.29 is 4.79 Å². The standard InChI is InChI=1S/C13HIN4OS/c14-1-7-10(6(2-15)3-16)11-8(4-17)20-9(5-18)12(11)13(7)19/h1H/b7-1+. The highest BCUT2D eigenvalue weighted by molar-refractivity contribution is 14.1. The minimum atomic E-state index is -0.429. The average molecular weight is 388 g/mol. The van der Waals surface area contributed by atoms with Gasteiger partial charge in [0.1, 0.15) is 39.6 Å². The summed E-state index contributed by atoms with van der Waals surface area (Å²) in [5.41, 5.74) is 0.446. The smallest absolute Gasteiger partial charge is 0.197 e. The lowest BCUT2D eigenvalue weighted by molar-refractivity contribution is 0.104. The molecular formula is C13HIN4OS. The fourth-order valence-corrected chi connectivity index (χ4v) is 3.42. The summed E-state index contributed by atoms with van der Waals surface area (Å²) < 4.78 is 1.46. The number of nitrogens with zero attached hydrogens (tertiary/aromatic N) is 4. The molecule has 0 fully saturated rings. The quantitative estimate of drug-likeness (QED) is 0.385. The predicted molar refractivity (Wildman–Crippen MR) is 78.3 cm³/mol. The Labute approximate surface area is 131 Å². The lowest BCUT2D eigenvalue weighted by Gasteiger charge is -1.99. The van der Waals surface area contributed by atoms with Gasteiger partial charge in [0.15, 0.2) is 5.78 Å². The number of hydrogen-bond acceptors (Lipinski definition) is 6. The van der Waals surface area contributed by atoms with Crippen molar-refractivity contribution in [3.63, 3.8) is 0 Å². The summed E-state index contributed by atoms with van der Waals surface area (Å²) in [5, 5.41) is 36.2. The number of thiophene rings is 1. The summed E-state index contributed by atoms with van der Waals surface area (Å²) >= 11 is 2.73. The maximum atomic E-state index is 12.3. The van der Waals surface area contributed by atoms with Gasteiger partial charge in [-0.05, 0) is 4.08 Å². The summed E-state index contributed by atoms with van der Waals surface area (Å²) in [7, 11) is 0. The molecule has 0 N–H and O–H groups in total. The lowest BCUT2D eigenvalue weighted by Crippen LogP contribution is -1.96. The molecule has 1 aromatic rings. The van der Waals surface area contributed by atoms with Crippen LogP contribution >= 0.6 is 33.9 Å². The van der Waals surface area contributed by atoms with E-state index in [4.69, 9.17) is 21.0 Å². The van der Waals surface area contributed by atoms with E-state index in [9.17, 15) is 4.79 Å². The molecule has 0 spiro atoms. The maximum absolute atomic E-state index is 12.3. The van der Waals surface area contributed by atoms with Crippen LogP contribution in [0.5, 0.6) is 0 Å². The summed E-state index contributed by atoms with van der Waals surface area (Å²) in [6.45, 7) is 0. The molecule has 7 heteroatoms. The number of Topliss-reactive ketones (excluding diaryl/α,β-unsaturated/α-hetero) is 1. The molecule has 0 saturated carbocycles. The number of rotatable bonds is 0. The fraction of sp³-hybridized carbons (Fsp3) is 0. The van der Waals surface area contributed by atoms with E-state index in [1.807, 2.05) is 34.7 Å². The van der Waals surface area contributed by atoms with Crippen molar-refractivity contribution in [2.45, 2.75) is 0 Å². The van der Waals surface area contributed by atoms with Crippen LogP contribution < -0.4 is 0 Å². The first-order valence-electron chi connectivity index (χ1n) is 5.01. The van der Waals surface area contributed by atoms with Crippen molar-refractivity contribution in [1.29, 1.82) is 21.0 Å². The van der Waals surface area contributed by atoms with E-state index >= 15 is 0 Å². The van der Waals surface area contributed by atoms with Crippen LogP contribution in [0.2, 0.25) is 0 Å². The van der Waals surface area contributed by atoms with Gasteiger partial charge in [-0.3, -0.25) is 4.79 Å². The highest BCUT2D eigenvalue weighted by Crippen LogP contribution is 2.46. The summed E-state index contributed by atoms with van der Waals surface area (Å²) in [4.78, 5) is 12.6. The summed E-state index contributed by atoms with van der Waals surface area (Å²) in [5.74, 6) is -0.429. The Morgan fingerprint density at radius 3 is 2.05 bits per heavy atom. The van der Waals surface area contributed by atoms with Gasteiger partial charge in [0, 0.05) is 16.7 Å². The molecule has 1 aromatic heterocycles. The van der Waals surface area contributed by atoms with Crippen molar-refractivity contribution in [2.24, 2.45) is 0 Å². The first-order chi connectivity index (χ1) is 9.64. The Morgan fingerprint density at radius 2 is 1.60 bits per heavy atom. The van der Waals surface area contributed by atoms with Gasteiger partial charge in [0.25, 0.3) is 0 Å². The molecule has 0 atom stereocenters. The van der Waals surface area contributed by atoms with E-state index in [2.05, 4.69) is 0 Å². The van der Waals surface area contributed by atoms with Crippen molar-refractivity contribution in [3.05, 3.63) is 36.1 Å². The second kappa shape index (κ2) is 5.27. The van der Waals surface area contributed by atoms with Crippen molar-refractivity contribution in [2.75, 3.05) is 0 Å². The SMILES string of the molecule is N#CC(C#N)=C1/C(=C\I)C(=O)c2c(C#N)sc(C#N)c21. The van der Waals surface area contributed by atoms with E-state index in [-0.39, 0.29) is 37.6 Å². The van der Waals surface area contributed by atoms with Gasteiger partial charge in [-0.15, -0.1) is 11.3 Å². The number of ketones is 1. The third-order valence-corrected chi connectivity index (χ3v) is 4.31. The minimum absolute atomic E-state index is 0.120. The first-order valence-corrected chi connectivity index (χ1v) is 7.08. The van der Waals surface area contributed by atoms with Crippen LogP contribution in [-0.4, -0.2) is 5.78 Å². The predicted octanol–water partition coefficient (Wildman–Crippen LogP) is 2.81. The normalized spacial score (nSPS) is 14.2. The Kier molecular flexibility index (Phi) is 3.68. The number of carbonyl (C=O) groups excluding carboxylic acids is 1. The zero-order valence-corrected chi connectivity index (χ0v) is 12.5. The molecule has 1 aliphatic carbocycles. The average Bonchev–Trinajstić information content (AvgIpc) is 2.97. The van der Waals surface area contributed by atoms with E-state index in [0.717, 1.165) is 11.3 Å². The number of halogens is 1. The van der Waals surface area contributed by atoms with Gasteiger partial charge in [-0.25, -0.2) is 0 Å². The molecule has 0 amide bonds. The van der Waals surface area contributed by atoms with Crippen LogP contribution in [0.1, 0.15) is 25.7 Å². The highest BCUT2D eigenvalue weighted by Gasteiger charge is 2.38. The van der Waals surface area contributed by atoms with E-state index in [1.54, 1.807) is 12.1 Å².